The zero-order valence-corrected chi connectivity index (χ0v) is 11.6. The van der Waals surface area contributed by atoms with E-state index in [-0.39, 0.29) is 5.75 Å². The fourth-order valence-electron chi connectivity index (χ4n) is 2.20. The lowest BCUT2D eigenvalue weighted by Gasteiger charge is -2.03. The molecular weight excluding hydrogens is 260 g/mol. The zero-order chi connectivity index (χ0) is 14.7. The zero-order valence-electron chi connectivity index (χ0n) is 11.6. The summed E-state index contributed by atoms with van der Waals surface area (Å²) in [4.78, 5) is 0. The van der Waals surface area contributed by atoms with E-state index in [4.69, 9.17) is 4.74 Å². The summed E-state index contributed by atoms with van der Waals surface area (Å²) in [5.41, 5.74) is 1.53. The van der Waals surface area contributed by atoms with Gasteiger partial charge in [0.05, 0.1) is 12.7 Å². The fourth-order valence-corrected chi connectivity index (χ4v) is 2.20. The number of hydrogen-bond acceptors (Lipinski definition) is 2. The second-order valence-corrected chi connectivity index (χ2v) is 4.66. The van der Waals surface area contributed by atoms with Crippen LogP contribution in [0.15, 0.2) is 60.7 Å². The monoisotopic (exact) mass is 274 g/mol. The molecule has 3 aromatic carbocycles. The Kier molecular flexibility index (Phi) is 3.49. The standard InChI is InChI=1S/C19H14O2/c1-21-16-10-6-14(7-11-16)8-12-18-17-5-3-2-4-15(17)9-13-19(18)20/h2-7,9-11,13,20H,1H3. The number of phenols is 1. The minimum atomic E-state index is 0.203. The highest BCUT2D eigenvalue weighted by Crippen LogP contribution is 2.26. The van der Waals surface area contributed by atoms with Crippen LogP contribution in [-0.2, 0) is 0 Å². The Balaban J connectivity index is 2.05. The first kappa shape index (κ1) is 13.1. The van der Waals surface area contributed by atoms with E-state index in [1.807, 2.05) is 54.6 Å². The summed E-state index contributed by atoms with van der Waals surface area (Å²) < 4.78 is 5.12. The molecule has 0 atom stereocenters. The van der Waals surface area contributed by atoms with Crippen LogP contribution in [0.2, 0.25) is 0 Å². The van der Waals surface area contributed by atoms with Gasteiger partial charge in [-0.3, -0.25) is 0 Å². The van der Waals surface area contributed by atoms with Gasteiger partial charge in [0.2, 0.25) is 0 Å². The molecule has 2 heteroatoms. The molecule has 0 bridgehead atoms. The van der Waals surface area contributed by atoms with E-state index in [2.05, 4.69) is 11.8 Å². The Morgan fingerprint density at radius 3 is 2.38 bits per heavy atom. The van der Waals surface area contributed by atoms with Crippen LogP contribution >= 0.6 is 0 Å². The van der Waals surface area contributed by atoms with Gasteiger partial charge >= 0.3 is 0 Å². The second kappa shape index (κ2) is 5.60. The summed E-state index contributed by atoms with van der Waals surface area (Å²) in [7, 11) is 1.63. The number of rotatable bonds is 1. The average molecular weight is 274 g/mol. The topological polar surface area (TPSA) is 29.5 Å². The van der Waals surface area contributed by atoms with Crippen molar-refractivity contribution >= 4 is 10.8 Å². The van der Waals surface area contributed by atoms with Crippen molar-refractivity contribution in [2.24, 2.45) is 0 Å². The summed E-state index contributed by atoms with van der Waals surface area (Å²) in [5, 5.41) is 12.1. The van der Waals surface area contributed by atoms with E-state index >= 15 is 0 Å². The number of benzene rings is 3. The van der Waals surface area contributed by atoms with Crippen LogP contribution in [-0.4, -0.2) is 12.2 Å². The molecule has 21 heavy (non-hydrogen) atoms. The maximum absolute atomic E-state index is 10.0. The van der Waals surface area contributed by atoms with Crippen molar-refractivity contribution in [1.82, 2.24) is 0 Å². The Morgan fingerprint density at radius 2 is 1.62 bits per heavy atom. The molecule has 102 valence electrons. The molecule has 3 rings (SSSR count). The summed E-state index contributed by atoms with van der Waals surface area (Å²) in [6, 6.07) is 19.0. The number of aromatic hydroxyl groups is 1. The van der Waals surface area contributed by atoms with E-state index in [9.17, 15) is 5.11 Å². The van der Waals surface area contributed by atoms with Crippen LogP contribution < -0.4 is 4.74 Å². The molecule has 1 N–H and O–H groups in total. The molecule has 0 aliphatic heterocycles. The molecular formula is C19H14O2. The van der Waals surface area contributed by atoms with Crippen LogP contribution in [0.25, 0.3) is 10.8 Å². The van der Waals surface area contributed by atoms with Gasteiger partial charge in [-0.15, -0.1) is 0 Å². The van der Waals surface area contributed by atoms with Gasteiger partial charge in [-0.05, 0) is 35.7 Å². The molecule has 0 aromatic heterocycles. The molecule has 3 aromatic rings. The lowest BCUT2D eigenvalue weighted by atomic mass is 10.0. The Labute approximate surface area is 123 Å². The first-order chi connectivity index (χ1) is 10.3. The van der Waals surface area contributed by atoms with Crippen LogP contribution in [0.4, 0.5) is 0 Å². The van der Waals surface area contributed by atoms with Crippen LogP contribution in [0.3, 0.4) is 0 Å². The Hall–Kier alpha value is -2.92. The third-order valence-electron chi connectivity index (χ3n) is 3.33. The lowest BCUT2D eigenvalue weighted by Crippen LogP contribution is -1.83. The molecule has 0 fully saturated rings. The number of hydrogen-bond donors (Lipinski definition) is 1. The first-order valence-electron chi connectivity index (χ1n) is 6.65. The predicted octanol–water partition coefficient (Wildman–Crippen LogP) is 3.95. The number of methoxy groups -OCH3 is 1. The Morgan fingerprint density at radius 1 is 0.857 bits per heavy atom. The van der Waals surface area contributed by atoms with Gasteiger partial charge in [0.15, 0.2) is 0 Å². The normalized spacial score (nSPS) is 9.95. The predicted molar refractivity (Wildman–Crippen MR) is 84.6 cm³/mol. The molecule has 0 unspecified atom stereocenters. The highest BCUT2D eigenvalue weighted by molar-refractivity contribution is 5.90. The summed E-state index contributed by atoms with van der Waals surface area (Å²) in [5.74, 6) is 7.15. The van der Waals surface area contributed by atoms with E-state index in [1.54, 1.807) is 13.2 Å². The summed E-state index contributed by atoms with van der Waals surface area (Å²) in [6.45, 7) is 0. The third-order valence-corrected chi connectivity index (χ3v) is 3.33. The average Bonchev–Trinajstić information content (AvgIpc) is 2.54. The Bertz CT molecular complexity index is 837. The van der Waals surface area contributed by atoms with E-state index in [0.29, 0.717) is 5.56 Å². The van der Waals surface area contributed by atoms with Gasteiger partial charge in [0, 0.05) is 10.9 Å². The number of phenolic OH excluding ortho intramolecular Hbond substituents is 1. The molecule has 0 aliphatic rings. The van der Waals surface area contributed by atoms with Crippen molar-refractivity contribution in [3.05, 3.63) is 71.8 Å². The van der Waals surface area contributed by atoms with Crippen molar-refractivity contribution in [1.29, 1.82) is 0 Å². The SMILES string of the molecule is COc1ccc(C#Cc2c(O)ccc3ccccc23)cc1. The second-order valence-electron chi connectivity index (χ2n) is 4.66. The van der Waals surface area contributed by atoms with Gasteiger partial charge in [-0.25, -0.2) is 0 Å². The number of fused-ring (bicyclic) bond motifs is 1. The molecule has 0 amide bonds. The molecule has 2 nitrogen and oxygen atoms in total. The fraction of sp³-hybridized carbons (Fsp3) is 0.0526. The molecule has 0 aliphatic carbocycles. The minimum Gasteiger partial charge on any atom is -0.507 e. The molecule has 0 heterocycles. The highest BCUT2D eigenvalue weighted by Gasteiger charge is 2.03. The van der Waals surface area contributed by atoms with Gasteiger partial charge in [0.25, 0.3) is 0 Å². The van der Waals surface area contributed by atoms with Gasteiger partial charge in [-0.1, -0.05) is 42.2 Å². The maximum Gasteiger partial charge on any atom is 0.131 e. The summed E-state index contributed by atoms with van der Waals surface area (Å²) >= 11 is 0. The molecule has 0 radical (unpaired) electrons. The molecule has 0 saturated carbocycles. The van der Waals surface area contributed by atoms with Crippen molar-refractivity contribution in [2.75, 3.05) is 7.11 Å². The smallest absolute Gasteiger partial charge is 0.131 e. The third kappa shape index (κ3) is 2.68. The van der Waals surface area contributed by atoms with Crippen LogP contribution in [0.1, 0.15) is 11.1 Å². The van der Waals surface area contributed by atoms with E-state index in [1.165, 1.54) is 0 Å². The van der Waals surface area contributed by atoms with Crippen LogP contribution in [0.5, 0.6) is 11.5 Å². The van der Waals surface area contributed by atoms with Gasteiger partial charge in [0.1, 0.15) is 11.5 Å². The van der Waals surface area contributed by atoms with Gasteiger partial charge < -0.3 is 9.84 Å². The molecule has 0 spiro atoms. The van der Waals surface area contributed by atoms with E-state index in [0.717, 1.165) is 22.1 Å². The van der Waals surface area contributed by atoms with Crippen molar-refractivity contribution in [3.63, 3.8) is 0 Å². The largest absolute Gasteiger partial charge is 0.507 e. The highest BCUT2D eigenvalue weighted by atomic mass is 16.5. The lowest BCUT2D eigenvalue weighted by molar-refractivity contribution is 0.415. The maximum atomic E-state index is 10.0. The molecule has 0 saturated heterocycles. The number of ether oxygens (including phenoxy) is 1. The minimum absolute atomic E-state index is 0.203. The first-order valence-corrected chi connectivity index (χ1v) is 6.65. The van der Waals surface area contributed by atoms with Crippen molar-refractivity contribution in [3.8, 4) is 23.3 Å². The quantitative estimate of drug-likeness (QED) is 0.681. The summed E-state index contributed by atoms with van der Waals surface area (Å²) in [6.07, 6.45) is 0. The van der Waals surface area contributed by atoms with Crippen molar-refractivity contribution < 1.29 is 9.84 Å². The van der Waals surface area contributed by atoms with Crippen LogP contribution in [0, 0.1) is 11.8 Å². The van der Waals surface area contributed by atoms with E-state index < -0.39 is 0 Å². The van der Waals surface area contributed by atoms with Gasteiger partial charge in [-0.2, -0.15) is 0 Å². The van der Waals surface area contributed by atoms with Crippen molar-refractivity contribution in [2.45, 2.75) is 0 Å².